The van der Waals surface area contributed by atoms with Crippen LogP contribution in [0, 0.1) is 11.8 Å². The van der Waals surface area contributed by atoms with Crippen LogP contribution < -0.4 is 4.74 Å². The summed E-state index contributed by atoms with van der Waals surface area (Å²) in [5.74, 6) is 0.624. The van der Waals surface area contributed by atoms with Crippen LogP contribution in [-0.4, -0.2) is 41.2 Å². The molecule has 0 amide bonds. The van der Waals surface area contributed by atoms with Crippen LogP contribution in [0.3, 0.4) is 0 Å². The Labute approximate surface area is 125 Å². The van der Waals surface area contributed by atoms with Crippen molar-refractivity contribution in [2.24, 2.45) is 11.8 Å². The van der Waals surface area contributed by atoms with Gasteiger partial charge in [-0.15, -0.1) is 0 Å². The van der Waals surface area contributed by atoms with Crippen molar-refractivity contribution in [1.82, 2.24) is 9.88 Å². The van der Waals surface area contributed by atoms with E-state index in [-0.39, 0.29) is 12.3 Å². The standard InChI is InChI=1S/C16H24N2O3/c1-12(9-16(19)20)13-5-4-8-18(10-13)11-14-6-3-7-15(17-14)21-2/h3,6-7,12-13H,4-5,8-11H2,1-2H3,(H,19,20). The Bertz CT molecular complexity index is 478. The predicted molar refractivity (Wildman–Crippen MR) is 80.2 cm³/mol. The molecule has 0 radical (unpaired) electrons. The Morgan fingerprint density at radius 1 is 1.57 bits per heavy atom. The number of hydrogen-bond donors (Lipinski definition) is 1. The molecule has 2 heterocycles. The fraction of sp³-hybridized carbons (Fsp3) is 0.625. The van der Waals surface area contributed by atoms with Crippen molar-refractivity contribution < 1.29 is 14.6 Å². The number of carbonyl (C=O) groups is 1. The van der Waals surface area contributed by atoms with Gasteiger partial charge in [0.2, 0.25) is 5.88 Å². The van der Waals surface area contributed by atoms with Gasteiger partial charge >= 0.3 is 5.97 Å². The van der Waals surface area contributed by atoms with Crippen molar-refractivity contribution in [3.05, 3.63) is 23.9 Å². The number of carboxylic acids is 1. The number of piperidine rings is 1. The van der Waals surface area contributed by atoms with Crippen LogP contribution in [0.25, 0.3) is 0 Å². The Morgan fingerprint density at radius 2 is 2.38 bits per heavy atom. The summed E-state index contributed by atoms with van der Waals surface area (Å²) >= 11 is 0. The number of pyridine rings is 1. The van der Waals surface area contributed by atoms with E-state index in [1.807, 2.05) is 25.1 Å². The summed E-state index contributed by atoms with van der Waals surface area (Å²) in [5, 5.41) is 8.94. The monoisotopic (exact) mass is 292 g/mol. The fourth-order valence-electron chi connectivity index (χ4n) is 3.03. The van der Waals surface area contributed by atoms with Crippen molar-refractivity contribution in [2.75, 3.05) is 20.2 Å². The first-order valence-electron chi connectivity index (χ1n) is 7.52. The molecule has 0 spiro atoms. The SMILES string of the molecule is COc1cccc(CN2CCCC(C(C)CC(=O)O)C2)n1. The minimum atomic E-state index is -0.700. The molecule has 1 aromatic heterocycles. The Hall–Kier alpha value is -1.62. The smallest absolute Gasteiger partial charge is 0.303 e. The summed E-state index contributed by atoms with van der Waals surface area (Å²) in [6.45, 7) is 4.85. The lowest BCUT2D eigenvalue weighted by atomic mass is 9.84. The van der Waals surface area contributed by atoms with E-state index in [4.69, 9.17) is 9.84 Å². The fourth-order valence-corrected chi connectivity index (χ4v) is 3.03. The zero-order valence-electron chi connectivity index (χ0n) is 12.8. The molecule has 1 aromatic rings. The number of methoxy groups -OCH3 is 1. The van der Waals surface area contributed by atoms with Gasteiger partial charge in [-0.3, -0.25) is 9.69 Å². The molecule has 1 N–H and O–H groups in total. The van der Waals surface area contributed by atoms with E-state index in [0.29, 0.717) is 11.8 Å². The Balaban J connectivity index is 1.92. The van der Waals surface area contributed by atoms with Gasteiger partial charge in [-0.25, -0.2) is 4.98 Å². The highest BCUT2D eigenvalue weighted by molar-refractivity contribution is 5.67. The third-order valence-electron chi connectivity index (χ3n) is 4.22. The van der Waals surface area contributed by atoms with E-state index in [9.17, 15) is 4.79 Å². The maximum Gasteiger partial charge on any atom is 0.303 e. The molecule has 21 heavy (non-hydrogen) atoms. The van der Waals surface area contributed by atoms with Gasteiger partial charge in [-0.1, -0.05) is 13.0 Å². The highest BCUT2D eigenvalue weighted by Gasteiger charge is 2.26. The maximum absolute atomic E-state index is 10.9. The Morgan fingerprint density at radius 3 is 3.10 bits per heavy atom. The first-order valence-corrected chi connectivity index (χ1v) is 7.52. The van der Waals surface area contributed by atoms with Crippen molar-refractivity contribution >= 4 is 5.97 Å². The minimum absolute atomic E-state index is 0.226. The van der Waals surface area contributed by atoms with Crippen LogP contribution in [0.1, 0.15) is 31.9 Å². The van der Waals surface area contributed by atoms with E-state index in [1.165, 1.54) is 0 Å². The lowest BCUT2D eigenvalue weighted by Crippen LogP contribution is -2.38. The maximum atomic E-state index is 10.9. The van der Waals surface area contributed by atoms with Gasteiger partial charge in [0, 0.05) is 25.6 Å². The van der Waals surface area contributed by atoms with Gasteiger partial charge < -0.3 is 9.84 Å². The Kier molecular flexibility index (Phi) is 5.56. The lowest BCUT2D eigenvalue weighted by Gasteiger charge is -2.35. The lowest BCUT2D eigenvalue weighted by molar-refractivity contribution is -0.138. The second-order valence-corrected chi connectivity index (χ2v) is 5.88. The van der Waals surface area contributed by atoms with Gasteiger partial charge in [0.05, 0.1) is 12.8 Å². The number of rotatable bonds is 6. The summed E-state index contributed by atoms with van der Waals surface area (Å²) in [6, 6.07) is 5.81. The molecule has 0 aliphatic carbocycles. The topological polar surface area (TPSA) is 62.7 Å². The highest BCUT2D eigenvalue weighted by atomic mass is 16.5. The summed E-state index contributed by atoms with van der Waals surface area (Å²) in [5.41, 5.74) is 1.00. The molecule has 2 unspecified atom stereocenters. The predicted octanol–water partition coefficient (Wildman–Crippen LogP) is 2.41. The van der Waals surface area contributed by atoms with Crippen molar-refractivity contribution in [1.29, 1.82) is 0 Å². The molecule has 0 aromatic carbocycles. The van der Waals surface area contributed by atoms with Crippen LogP contribution in [0.5, 0.6) is 5.88 Å². The van der Waals surface area contributed by atoms with Crippen LogP contribution in [0.2, 0.25) is 0 Å². The number of aromatic nitrogens is 1. The van der Waals surface area contributed by atoms with Crippen LogP contribution in [0.4, 0.5) is 0 Å². The van der Waals surface area contributed by atoms with E-state index >= 15 is 0 Å². The van der Waals surface area contributed by atoms with E-state index < -0.39 is 5.97 Å². The van der Waals surface area contributed by atoms with Gasteiger partial charge in [0.1, 0.15) is 0 Å². The van der Waals surface area contributed by atoms with Gasteiger partial charge in [-0.2, -0.15) is 0 Å². The number of carboxylic acid groups (broad SMARTS) is 1. The van der Waals surface area contributed by atoms with Gasteiger partial charge in [0.15, 0.2) is 0 Å². The molecule has 2 rings (SSSR count). The quantitative estimate of drug-likeness (QED) is 0.872. The van der Waals surface area contributed by atoms with Gasteiger partial charge in [0.25, 0.3) is 0 Å². The third-order valence-corrected chi connectivity index (χ3v) is 4.22. The van der Waals surface area contributed by atoms with Crippen molar-refractivity contribution in [3.8, 4) is 5.88 Å². The molecule has 1 aliphatic heterocycles. The summed E-state index contributed by atoms with van der Waals surface area (Å²) in [7, 11) is 1.62. The molecular formula is C16H24N2O3. The van der Waals surface area contributed by atoms with Crippen LogP contribution >= 0.6 is 0 Å². The summed E-state index contributed by atoms with van der Waals surface area (Å²) < 4.78 is 5.15. The normalized spacial score (nSPS) is 21.0. The number of aliphatic carboxylic acids is 1. The average molecular weight is 292 g/mol. The second-order valence-electron chi connectivity index (χ2n) is 5.88. The van der Waals surface area contributed by atoms with Crippen molar-refractivity contribution in [3.63, 3.8) is 0 Å². The molecule has 116 valence electrons. The van der Waals surface area contributed by atoms with Crippen LogP contribution in [-0.2, 0) is 11.3 Å². The molecule has 5 heteroatoms. The average Bonchev–Trinajstić information content (AvgIpc) is 2.47. The number of likely N-dealkylation sites (tertiary alicyclic amines) is 1. The van der Waals surface area contributed by atoms with E-state index in [1.54, 1.807) is 7.11 Å². The molecule has 1 saturated heterocycles. The molecule has 1 aliphatic rings. The number of nitrogens with zero attached hydrogens (tertiary/aromatic N) is 2. The van der Waals surface area contributed by atoms with Gasteiger partial charge in [-0.05, 0) is 37.3 Å². The van der Waals surface area contributed by atoms with Crippen LogP contribution in [0.15, 0.2) is 18.2 Å². The zero-order valence-corrected chi connectivity index (χ0v) is 12.8. The first-order chi connectivity index (χ1) is 10.1. The second kappa shape index (κ2) is 7.41. The first kappa shape index (κ1) is 15.8. The molecule has 5 nitrogen and oxygen atoms in total. The molecule has 0 bridgehead atoms. The van der Waals surface area contributed by atoms with E-state index in [0.717, 1.165) is 38.2 Å². The molecule has 0 saturated carbocycles. The number of ether oxygens (including phenoxy) is 1. The van der Waals surface area contributed by atoms with E-state index in [2.05, 4.69) is 9.88 Å². The highest BCUT2D eigenvalue weighted by Crippen LogP contribution is 2.27. The molecule has 2 atom stereocenters. The summed E-state index contributed by atoms with van der Waals surface area (Å²) in [6.07, 6.45) is 2.50. The third kappa shape index (κ3) is 4.70. The van der Waals surface area contributed by atoms with Crippen molar-refractivity contribution in [2.45, 2.75) is 32.7 Å². The summed E-state index contributed by atoms with van der Waals surface area (Å²) in [4.78, 5) is 17.7. The largest absolute Gasteiger partial charge is 0.481 e. The number of hydrogen-bond acceptors (Lipinski definition) is 4. The molecule has 1 fully saturated rings. The zero-order chi connectivity index (χ0) is 15.2. The molecular weight excluding hydrogens is 268 g/mol. The minimum Gasteiger partial charge on any atom is -0.481 e.